The number of rotatable bonds is 4. The van der Waals surface area contributed by atoms with E-state index >= 15 is 0 Å². The highest BCUT2D eigenvalue weighted by Crippen LogP contribution is 2.17. The smallest absolute Gasteiger partial charge is 0.0724 e. The van der Waals surface area contributed by atoms with Crippen molar-refractivity contribution in [1.29, 1.82) is 0 Å². The SMILES string of the molecule is c1ccc2c(COCC3CCCCN3)ccnc2c1. The number of nitrogens with zero attached hydrogens (tertiary/aromatic N) is 1. The molecule has 0 radical (unpaired) electrons. The second-order valence-electron chi connectivity index (χ2n) is 5.15. The second-order valence-corrected chi connectivity index (χ2v) is 5.15. The Morgan fingerprint density at radius 3 is 3.05 bits per heavy atom. The van der Waals surface area contributed by atoms with Crippen LogP contribution in [0.5, 0.6) is 0 Å². The van der Waals surface area contributed by atoms with E-state index in [1.165, 1.54) is 30.2 Å². The molecule has 1 fully saturated rings. The van der Waals surface area contributed by atoms with Crippen LogP contribution in [0.15, 0.2) is 36.5 Å². The molecule has 1 N–H and O–H groups in total. The summed E-state index contributed by atoms with van der Waals surface area (Å²) in [4.78, 5) is 4.37. The Morgan fingerprint density at radius 2 is 2.16 bits per heavy atom. The molecule has 3 heteroatoms. The standard InChI is InChI=1S/C16H20N2O/c1-2-7-16-15(6-1)13(8-10-18-16)11-19-12-14-5-3-4-9-17-14/h1-2,6-8,10,14,17H,3-5,9,11-12H2. The zero-order valence-electron chi connectivity index (χ0n) is 11.1. The number of pyridine rings is 1. The summed E-state index contributed by atoms with van der Waals surface area (Å²) in [6.45, 7) is 2.60. The van der Waals surface area contributed by atoms with Gasteiger partial charge in [0.2, 0.25) is 0 Å². The van der Waals surface area contributed by atoms with Gasteiger partial charge in [-0.15, -0.1) is 0 Å². The minimum atomic E-state index is 0.529. The summed E-state index contributed by atoms with van der Waals surface area (Å²) >= 11 is 0. The Hall–Kier alpha value is -1.45. The molecule has 1 unspecified atom stereocenters. The number of ether oxygens (including phenoxy) is 1. The molecule has 3 rings (SSSR count). The highest BCUT2D eigenvalue weighted by Gasteiger charge is 2.12. The van der Waals surface area contributed by atoms with Gasteiger partial charge >= 0.3 is 0 Å². The van der Waals surface area contributed by atoms with Gasteiger partial charge in [-0.1, -0.05) is 24.6 Å². The summed E-state index contributed by atoms with van der Waals surface area (Å²) in [7, 11) is 0. The fourth-order valence-electron chi connectivity index (χ4n) is 2.66. The number of piperidine rings is 1. The lowest BCUT2D eigenvalue weighted by molar-refractivity contribution is 0.0918. The Bertz CT molecular complexity index is 530. The van der Waals surface area contributed by atoms with Crippen LogP contribution in [0.25, 0.3) is 10.9 Å². The number of hydrogen-bond acceptors (Lipinski definition) is 3. The van der Waals surface area contributed by atoms with Crippen molar-refractivity contribution in [2.75, 3.05) is 13.2 Å². The first-order valence-corrected chi connectivity index (χ1v) is 7.07. The Morgan fingerprint density at radius 1 is 1.21 bits per heavy atom. The average Bonchev–Trinajstić information content (AvgIpc) is 2.49. The molecular weight excluding hydrogens is 236 g/mol. The average molecular weight is 256 g/mol. The molecule has 1 aliphatic rings. The monoisotopic (exact) mass is 256 g/mol. The fourth-order valence-corrected chi connectivity index (χ4v) is 2.66. The molecule has 0 amide bonds. The molecule has 2 aromatic rings. The molecule has 1 saturated heterocycles. The molecule has 0 saturated carbocycles. The number of nitrogens with one attached hydrogen (secondary N) is 1. The van der Waals surface area contributed by atoms with Gasteiger partial charge in [0, 0.05) is 17.6 Å². The van der Waals surface area contributed by atoms with Crippen LogP contribution in [-0.2, 0) is 11.3 Å². The molecule has 1 aromatic heterocycles. The first-order valence-electron chi connectivity index (χ1n) is 7.07. The fraction of sp³-hybridized carbons (Fsp3) is 0.438. The zero-order chi connectivity index (χ0) is 12.9. The third-order valence-corrected chi connectivity index (χ3v) is 3.73. The van der Waals surface area contributed by atoms with Gasteiger partial charge in [-0.05, 0) is 37.1 Å². The van der Waals surface area contributed by atoms with E-state index in [0.29, 0.717) is 12.6 Å². The van der Waals surface area contributed by atoms with E-state index in [1.54, 1.807) is 0 Å². The molecule has 19 heavy (non-hydrogen) atoms. The van der Waals surface area contributed by atoms with E-state index in [-0.39, 0.29) is 0 Å². The molecule has 1 aliphatic heterocycles. The molecule has 3 nitrogen and oxygen atoms in total. The molecule has 1 aromatic carbocycles. The van der Waals surface area contributed by atoms with Gasteiger partial charge < -0.3 is 10.1 Å². The van der Waals surface area contributed by atoms with Crippen molar-refractivity contribution < 1.29 is 4.74 Å². The molecular formula is C16H20N2O. The van der Waals surface area contributed by atoms with Gasteiger partial charge in [-0.2, -0.15) is 0 Å². The van der Waals surface area contributed by atoms with Crippen LogP contribution in [0, 0.1) is 0 Å². The van der Waals surface area contributed by atoms with Crippen LogP contribution < -0.4 is 5.32 Å². The Kier molecular flexibility index (Phi) is 4.06. The first-order chi connectivity index (χ1) is 9.43. The maximum absolute atomic E-state index is 5.88. The van der Waals surface area contributed by atoms with Crippen LogP contribution in [0.2, 0.25) is 0 Å². The van der Waals surface area contributed by atoms with Crippen molar-refractivity contribution in [3.8, 4) is 0 Å². The van der Waals surface area contributed by atoms with Crippen LogP contribution >= 0.6 is 0 Å². The molecule has 100 valence electrons. The zero-order valence-corrected chi connectivity index (χ0v) is 11.1. The summed E-state index contributed by atoms with van der Waals surface area (Å²) in [6.07, 6.45) is 5.71. The number of para-hydroxylation sites is 1. The normalized spacial score (nSPS) is 19.7. The molecule has 0 spiro atoms. The van der Waals surface area contributed by atoms with Crippen molar-refractivity contribution in [1.82, 2.24) is 10.3 Å². The van der Waals surface area contributed by atoms with E-state index in [1.807, 2.05) is 18.3 Å². The summed E-state index contributed by atoms with van der Waals surface area (Å²) in [5.41, 5.74) is 2.26. The lowest BCUT2D eigenvalue weighted by atomic mass is 10.1. The van der Waals surface area contributed by atoms with Crippen molar-refractivity contribution in [3.05, 3.63) is 42.1 Å². The number of aromatic nitrogens is 1. The van der Waals surface area contributed by atoms with Crippen molar-refractivity contribution in [2.24, 2.45) is 0 Å². The minimum absolute atomic E-state index is 0.529. The Labute approximate surface area is 114 Å². The van der Waals surface area contributed by atoms with Gasteiger partial charge in [0.15, 0.2) is 0 Å². The van der Waals surface area contributed by atoms with Crippen molar-refractivity contribution >= 4 is 10.9 Å². The molecule has 0 bridgehead atoms. The third kappa shape index (κ3) is 3.11. The molecule has 1 atom stereocenters. The maximum atomic E-state index is 5.88. The summed E-state index contributed by atoms with van der Waals surface area (Å²) < 4.78 is 5.88. The molecule has 2 heterocycles. The topological polar surface area (TPSA) is 34.1 Å². The van der Waals surface area contributed by atoms with E-state index in [0.717, 1.165) is 18.7 Å². The van der Waals surface area contributed by atoms with E-state index in [2.05, 4.69) is 28.5 Å². The van der Waals surface area contributed by atoms with Crippen LogP contribution in [0.3, 0.4) is 0 Å². The van der Waals surface area contributed by atoms with Gasteiger partial charge in [0.1, 0.15) is 0 Å². The van der Waals surface area contributed by atoms with Gasteiger partial charge in [0.05, 0.1) is 18.7 Å². The van der Waals surface area contributed by atoms with Crippen molar-refractivity contribution in [3.63, 3.8) is 0 Å². The molecule has 0 aliphatic carbocycles. The number of hydrogen-bond donors (Lipinski definition) is 1. The lowest BCUT2D eigenvalue weighted by Crippen LogP contribution is -2.37. The van der Waals surface area contributed by atoms with Gasteiger partial charge in [0.25, 0.3) is 0 Å². The summed E-state index contributed by atoms with van der Waals surface area (Å²) in [5, 5.41) is 4.70. The quantitative estimate of drug-likeness (QED) is 0.913. The summed E-state index contributed by atoms with van der Waals surface area (Å²) in [5.74, 6) is 0. The lowest BCUT2D eigenvalue weighted by Gasteiger charge is -2.23. The number of benzene rings is 1. The minimum Gasteiger partial charge on any atom is -0.375 e. The summed E-state index contributed by atoms with van der Waals surface area (Å²) in [6, 6.07) is 10.8. The predicted molar refractivity (Wildman–Crippen MR) is 77.0 cm³/mol. The highest BCUT2D eigenvalue weighted by atomic mass is 16.5. The van der Waals surface area contributed by atoms with E-state index < -0.39 is 0 Å². The highest BCUT2D eigenvalue weighted by molar-refractivity contribution is 5.81. The first kappa shape index (κ1) is 12.6. The van der Waals surface area contributed by atoms with Gasteiger partial charge in [-0.25, -0.2) is 0 Å². The van der Waals surface area contributed by atoms with E-state index in [4.69, 9.17) is 4.74 Å². The van der Waals surface area contributed by atoms with E-state index in [9.17, 15) is 0 Å². The third-order valence-electron chi connectivity index (χ3n) is 3.73. The maximum Gasteiger partial charge on any atom is 0.0724 e. The number of fused-ring (bicyclic) bond motifs is 1. The predicted octanol–water partition coefficient (Wildman–Crippen LogP) is 2.89. The van der Waals surface area contributed by atoms with Crippen LogP contribution in [0.4, 0.5) is 0 Å². The largest absolute Gasteiger partial charge is 0.375 e. The van der Waals surface area contributed by atoms with Crippen molar-refractivity contribution in [2.45, 2.75) is 31.9 Å². The van der Waals surface area contributed by atoms with Gasteiger partial charge in [-0.3, -0.25) is 4.98 Å². The van der Waals surface area contributed by atoms with Crippen LogP contribution in [-0.4, -0.2) is 24.2 Å². The Balaban J connectivity index is 1.62. The van der Waals surface area contributed by atoms with Crippen LogP contribution in [0.1, 0.15) is 24.8 Å². The second kappa shape index (κ2) is 6.13.